The molecule has 2 rings (SSSR count). The molecule has 0 saturated carbocycles. The van der Waals surface area contributed by atoms with Gasteiger partial charge in [0.15, 0.2) is 0 Å². The Morgan fingerprint density at radius 3 is 2.47 bits per heavy atom. The Balaban J connectivity index is 2.18. The highest BCUT2D eigenvalue weighted by Gasteiger charge is 2.21. The molecular weight excluding hydrogens is 212 g/mol. The van der Waals surface area contributed by atoms with E-state index in [4.69, 9.17) is 0 Å². The lowest BCUT2D eigenvalue weighted by molar-refractivity contribution is 0.245. The highest BCUT2D eigenvalue weighted by molar-refractivity contribution is 5.32. The molecule has 0 aliphatic carbocycles. The zero-order chi connectivity index (χ0) is 12.1. The van der Waals surface area contributed by atoms with Crippen LogP contribution in [0.5, 0.6) is 5.75 Å². The van der Waals surface area contributed by atoms with E-state index in [0.29, 0.717) is 0 Å². The zero-order valence-electron chi connectivity index (χ0n) is 9.97. The van der Waals surface area contributed by atoms with Crippen LogP contribution in [0.2, 0.25) is 0 Å². The lowest BCUT2D eigenvalue weighted by atomic mass is 10.1. The molecule has 17 heavy (non-hydrogen) atoms. The molecule has 3 heteroatoms. The second kappa shape index (κ2) is 5.70. The van der Waals surface area contributed by atoms with Crippen LogP contribution in [0.3, 0.4) is 0 Å². The Bertz CT molecular complexity index is 403. The molecule has 90 valence electrons. The van der Waals surface area contributed by atoms with E-state index >= 15 is 0 Å². The number of nitriles is 1. The van der Waals surface area contributed by atoms with E-state index in [1.807, 2.05) is 6.07 Å². The molecule has 3 nitrogen and oxygen atoms in total. The molecule has 1 aliphatic heterocycles. The summed E-state index contributed by atoms with van der Waals surface area (Å²) in [5.74, 6) is 0.234. The molecule has 0 radical (unpaired) electrons. The van der Waals surface area contributed by atoms with Gasteiger partial charge in [0.25, 0.3) is 0 Å². The van der Waals surface area contributed by atoms with Crippen LogP contribution in [-0.2, 0) is 0 Å². The maximum absolute atomic E-state index is 9.48. The fourth-order valence-corrected chi connectivity index (χ4v) is 2.42. The lowest BCUT2D eigenvalue weighted by Gasteiger charge is -2.25. The predicted octanol–water partition coefficient (Wildman–Crippen LogP) is 2.83. The van der Waals surface area contributed by atoms with E-state index in [1.165, 1.54) is 12.8 Å². The quantitative estimate of drug-likeness (QED) is 0.849. The second-order valence-corrected chi connectivity index (χ2v) is 4.58. The summed E-state index contributed by atoms with van der Waals surface area (Å²) in [6, 6.07) is 9.18. The van der Waals surface area contributed by atoms with E-state index in [-0.39, 0.29) is 11.8 Å². The molecule has 1 atom stereocenters. The summed E-state index contributed by atoms with van der Waals surface area (Å²) < 4.78 is 0. The van der Waals surface area contributed by atoms with Crippen molar-refractivity contribution >= 4 is 0 Å². The normalized spacial score (nSPS) is 19.2. The van der Waals surface area contributed by atoms with Crippen LogP contribution >= 0.6 is 0 Å². The molecular formula is C14H18N2O. The summed E-state index contributed by atoms with van der Waals surface area (Å²) >= 11 is 0. The number of phenols is 1. The van der Waals surface area contributed by atoms with E-state index < -0.39 is 0 Å². The first-order valence-corrected chi connectivity index (χ1v) is 6.24. The Hall–Kier alpha value is -1.53. The third-order valence-corrected chi connectivity index (χ3v) is 3.31. The Labute approximate surface area is 102 Å². The Morgan fingerprint density at radius 1 is 1.18 bits per heavy atom. The third kappa shape index (κ3) is 2.98. The van der Waals surface area contributed by atoms with Crippen molar-refractivity contribution in [3.05, 3.63) is 29.8 Å². The van der Waals surface area contributed by atoms with Gasteiger partial charge in [-0.3, -0.25) is 4.90 Å². The molecule has 1 aromatic carbocycles. The minimum Gasteiger partial charge on any atom is -0.508 e. The van der Waals surface area contributed by atoms with Gasteiger partial charge >= 0.3 is 0 Å². The number of aromatic hydroxyl groups is 1. The topological polar surface area (TPSA) is 47.3 Å². The van der Waals surface area contributed by atoms with Gasteiger partial charge in [0, 0.05) is 0 Å². The standard InChI is InChI=1S/C14H18N2O/c15-11-14(12-6-5-7-13(17)10-12)16-8-3-1-2-4-9-16/h5-7,10,14,17H,1-4,8-9H2/t14-/m0/s1. The molecule has 0 aromatic heterocycles. The zero-order valence-corrected chi connectivity index (χ0v) is 9.97. The van der Waals surface area contributed by atoms with Crippen LogP contribution in [0.15, 0.2) is 24.3 Å². The van der Waals surface area contributed by atoms with Crippen molar-refractivity contribution in [1.82, 2.24) is 4.90 Å². The SMILES string of the molecule is N#C[C@@H](c1cccc(O)c1)N1CCCCCC1. The van der Waals surface area contributed by atoms with E-state index in [9.17, 15) is 10.4 Å². The van der Waals surface area contributed by atoms with Gasteiger partial charge in [-0.15, -0.1) is 0 Å². The first-order chi connectivity index (χ1) is 8.31. The molecule has 1 fully saturated rings. The molecule has 0 unspecified atom stereocenters. The fraction of sp³-hybridized carbons (Fsp3) is 0.500. The van der Waals surface area contributed by atoms with Crippen molar-refractivity contribution in [2.24, 2.45) is 0 Å². The van der Waals surface area contributed by atoms with Gasteiger partial charge in [-0.05, 0) is 43.6 Å². The van der Waals surface area contributed by atoms with Crippen molar-refractivity contribution in [2.75, 3.05) is 13.1 Å². The molecule has 0 spiro atoms. The number of nitrogens with zero attached hydrogens (tertiary/aromatic N) is 2. The van der Waals surface area contributed by atoms with E-state index in [2.05, 4.69) is 11.0 Å². The largest absolute Gasteiger partial charge is 0.508 e. The first kappa shape index (κ1) is 11.9. The van der Waals surface area contributed by atoms with Gasteiger partial charge in [0.05, 0.1) is 6.07 Å². The van der Waals surface area contributed by atoms with Crippen molar-refractivity contribution in [1.29, 1.82) is 5.26 Å². The summed E-state index contributed by atoms with van der Waals surface area (Å²) in [4.78, 5) is 2.22. The van der Waals surface area contributed by atoms with Crippen molar-refractivity contribution in [2.45, 2.75) is 31.7 Å². The van der Waals surface area contributed by atoms with Crippen LogP contribution in [0, 0.1) is 11.3 Å². The molecule has 1 saturated heterocycles. The van der Waals surface area contributed by atoms with Gasteiger partial charge in [-0.25, -0.2) is 0 Å². The highest BCUT2D eigenvalue weighted by atomic mass is 16.3. The summed E-state index contributed by atoms with van der Waals surface area (Å²) in [5, 5.41) is 18.8. The maximum Gasteiger partial charge on any atom is 0.123 e. The van der Waals surface area contributed by atoms with Crippen LogP contribution in [0.4, 0.5) is 0 Å². The Kier molecular flexibility index (Phi) is 4.00. The molecule has 0 amide bonds. The van der Waals surface area contributed by atoms with Crippen molar-refractivity contribution in [3.8, 4) is 11.8 Å². The van der Waals surface area contributed by atoms with Gasteiger partial charge in [0.2, 0.25) is 0 Å². The van der Waals surface area contributed by atoms with E-state index in [1.54, 1.807) is 18.2 Å². The number of rotatable bonds is 2. The van der Waals surface area contributed by atoms with Crippen LogP contribution in [-0.4, -0.2) is 23.1 Å². The summed E-state index contributed by atoms with van der Waals surface area (Å²) in [7, 11) is 0. The van der Waals surface area contributed by atoms with Gasteiger partial charge in [0.1, 0.15) is 11.8 Å². The second-order valence-electron chi connectivity index (χ2n) is 4.58. The maximum atomic E-state index is 9.48. The number of likely N-dealkylation sites (tertiary alicyclic amines) is 1. The number of phenolic OH excluding ortho intramolecular Hbond substituents is 1. The highest BCUT2D eigenvalue weighted by Crippen LogP contribution is 2.25. The van der Waals surface area contributed by atoms with Gasteiger partial charge in [-0.2, -0.15) is 5.26 Å². The minimum atomic E-state index is -0.222. The van der Waals surface area contributed by atoms with Crippen LogP contribution in [0.1, 0.15) is 37.3 Å². The first-order valence-electron chi connectivity index (χ1n) is 6.24. The number of benzene rings is 1. The van der Waals surface area contributed by atoms with Gasteiger partial charge < -0.3 is 5.11 Å². The predicted molar refractivity (Wildman–Crippen MR) is 66.5 cm³/mol. The summed E-state index contributed by atoms with van der Waals surface area (Å²) in [6.07, 6.45) is 4.84. The van der Waals surface area contributed by atoms with Crippen molar-refractivity contribution < 1.29 is 5.11 Å². The summed E-state index contributed by atoms with van der Waals surface area (Å²) in [5.41, 5.74) is 0.898. The summed E-state index contributed by atoms with van der Waals surface area (Å²) in [6.45, 7) is 1.96. The monoisotopic (exact) mass is 230 g/mol. The van der Waals surface area contributed by atoms with Crippen molar-refractivity contribution in [3.63, 3.8) is 0 Å². The average Bonchev–Trinajstić information content (AvgIpc) is 2.59. The molecule has 1 N–H and O–H groups in total. The van der Waals surface area contributed by atoms with E-state index in [0.717, 1.165) is 31.5 Å². The lowest BCUT2D eigenvalue weighted by Crippen LogP contribution is -2.28. The van der Waals surface area contributed by atoms with Gasteiger partial charge in [-0.1, -0.05) is 25.0 Å². The smallest absolute Gasteiger partial charge is 0.123 e. The fourth-order valence-electron chi connectivity index (χ4n) is 2.42. The number of hydrogen-bond acceptors (Lipinski definition) is 3. The number of hydrogen-bond donors (Lipinski definition) is 1. The molecule has 1 aromatic rings. The molecule has 1 aliphatic rings. The third-order valence-electron chi connectivity index (χ3n) is 3.31. The van der Waals surface area contributed by atoms with Crippen LogP contribution < -0.4 is 0 Å². The van der Waals surface area contributed by atoms with Crippen LogP contribution in [0.25, 0.3) is 0 Å². The molecule has 1 heterocycles. The average molecular weight is 230 g/mol. The minimum absolute atomic E-state index is 0.222. The molecule has 0 bridgehead atoms. The Morgan fingerprint density at radius 2 is 1.88 bits per heavy atom.